The molecule has 1 aromatic rings. The van der Waals surface area contributed by atoms with Crippen LogP contribution in [-0.4, -0.2) is 32.2 Å². The summed E-state index contributed by atoms with van der Waals surface area (Å²) in [5.74, 6) is -1.40. The molecule has 0 aromatic carbocycles. The molecule has 0 spiro atoms. The van der Waals surface area contributed by atoms with Gasteiger partial charge in [-0.1, -0.05) is 0 Å². The van der Waals surface area contributed by atoms with Gasteiger partial charge in [0, 0.05) is 4.47 Å². The Hall–Kier alpha value is -1.15. The summed E-state index contributed by atoms with van der Waals surface area (Å²) >= 11 is 3.25. The van der Waals surface area contributed by atoms with E-state index in [2.05, 4.69) is 30.4 Å². The van der Waals surface area contributed by atoms with E-state index in [0.29, 0.717) is 5.69 Å². The minimum Gasteiger partial charge on any atom is -0.468 e. The van der Waals surface area contributed by atoms with E-state index in [4.69, 9.17) is 0 Å². The molecule has 0 bridgehead atoms. The number of ether oxygens (including phenoxy) is 1. The number of methoxy groups -OCH3 is 1. The minimum absolute atomic E-state index is 0.162. The van der Waals surface area contributed by atoms with Crippen molar-refractivity contribution in [2.75, 3.05) is 17.6 Å². The number of hydrogen-bond acceptors (Lipinski definition) is 5. The van der Waals surface area contributed by atoms with Gasteiger partial charge < -0.3 is 4.74 Å². The van der Waals surface area contributed by atoms with Crippen LogP contribution in [0.15, 0.2) is 16.6 Å². The van der Waals surface area contributed by atoms with Gasteiger partial charge in [-0.25, -0.2) is 13.4 Å². The van der Waals surface area contributed by atoms with E-state index in [9.17, 15) is 13.2 Å². The van der Waals surface area contributed by atoms with Crippen LogP contribution in [0.4, 0.5) is 5.82 Å². The molecule has 17 heavy (non-hydrogen) atoms. The molecule has 0 amide bonds. The Morgan fingerprint density at radius 3 is 2.71 bits per heavy atom. The number of esters is 1. The molecule has 0 fully saturated rings. The van der Waals surface area contributed by atoms with Crippen molar-refractivity contribution < 1.29 is 17.9 Å². The number of carbonyl (C=O) groups is 1. The average molecular weight is 323 g/mol. The summed E-state index contributed by atoms with van der Waals surface area (Å²) in [4.78, 5) is 14.9. The zero-order valence-corrected chi connectivity index (χ0v) is 11.6. The number of nitrogens with one attached hydrogen (secondary N) is 1. The summed E-state index contributed by atoms with van der Waals surface area (Å²) in [6.07, 6.45) is 0. The Balaban J connectivity index is 2.83. The Labute approximate surface area is 108 Å². The molecule has 1 aromatic heterocycles. The van der Waals surface area contributed by atoms with Crippen molar-refractivity contribution in [3.05, 3.63) is 22.3 Å². The molecule has 8 heteroatoms. The van der Waals surface area contributed by atoms with Gasteiger partial charge >= 0.3 is 5.97 Å². The van der Waals surface area contributed by atoms with Crippen LogP contribution in [0.25, 0.3) is 0 Å². The highest BCUT2D eigenvalue weighted by atomic mass is 79.9. The summed E-state index contributed by atoms with van der Waals surface area (Å²) < 4.78 is 30.2. The predicted molar refractivity (Wildman–Crippen MR) is 66.1 cm³/mol. The molecule has 0 atom stereocenters. The van der Waals surface area contributed by atoms with E-state index in [0.717, 1.165) is 11.6 Å². The molecule has 0 radical (unpaired) electrons. The van der Waals surface area contributed by atoms with Crippen LogP contribution in [0.1, 0.15) is 5.69 Å². The molecule has 0 saturated heterocycles. The molecule has 1 rings (SSSR count). The second-order valence-electron chi connectivity index (χ2n) is 3.20. The third kappa shape index (κ3) is 4.31. The lowest BCUT2D eigenvalue weighted by molar-refractivity contribution is -0.137. The topological polar surface area (TPSA) is 85.4 Å². The molecule has 0 aliphatic rings. The quantitative estimate of drug-likeness (QED) is 0.838. The van der Waals surface area contributed by atoms with Crippen LogP contribution in [0.2, 0.25) is 0 Å². The van der Waals surface area contributed by atoms with Gasteiger partial charge in [0.05, 0.1) is 12.8 Å². The third-order valence-corrected chi connectivity index (χ3v) is 3.79. The first kappa shape index (κ1) is 13.9. The van der Waals surface area contributed by atoms with Crippen LogP contribution in [0.5, 0.6) is 0 Å². The molecule has 1 heterocycles. The van der Waals surface area contributed by atoms with E-state index in [1.165, 1.54) is 6.07 Å². The van der Waals surface area contributed by atoms with Crippen molar-refractivity contribution in [2.24, 2.45) is 0 Å². The molecule has 6 nitrogen and oxygen atoms in total. The van der Waals surface area contributed by atoms with Gasteiger partial charge in [-0.05, 0) is 35.0 Å². The summed E-state index contributed by atoms with van der Waals surface area (Å²) in [5.41, 5.74) is 0.642. The summed E-state index contributed by atoms with van der Waals surface area (Å²) in [6, 6.07) is 3.16. The molecule has 0 aliphatic heterocycles. The van der Waals surface area contributed by atoms with Gasteiger partial charge in [0.2, 0.25) is 10.0 Å². The maximum absolute atomic E-state index is 11.5. The lowest BCUT2D eigenvalue weighted by Gasteiger charge is -2.07. The van der Waals surface area contributed by atoms with Crippen LogP contribution < -0.4 is 4.72 Å². The van der Waals surface area contributed by atoms with Crippen molar-refractivity contribution in [2.45, 2.75) is 6.92 Å². The van der Waals surface area contributed by atoms with E-state index in [1.807, 2.05) is 0 Å². The van der Waals surface area contributed by atoms with Crippen molar-refractivity contribution in [1.82, 2.24) is 4.98 Å². The zero-order valence-electron chi connectivity index (χ0n) is 9.23. The van der Waals surface area contributed by atoms with Crippen LogP contribution in [-0.2, 0) is 19.6 Å². The highest BCUT2D eigenvalue weighted by molar-refractivity contribution is 9.10. The Morgan fingerprint density at radius 2 is 2.18 bits per heavy atom. The number of halogens is 1. The molecule has 1 N–H and O–H groups in total. The van der Waals surface area contributed by atoms with Crippen molar-refractivity contribution in [1.29, 1.82) is 0 Å². The van der Waals surface area contributed by atoms with Crippen molar-refractivity contribution >= 4 is 37.7 Å². The standard InChI is InChI=1S/C9H11BrN2O4S/c1-6-7(10)3-4-8(11-6)12-17(14,15)5-9(13)16-2/h3-4H,5H2,1-2H3,(H,11,12). The predicted octanol–water partition coefficient (Wildman–Crippen LogP) is 1.07. The smallest absolute Gasteiger partial charge is 0.322 e. The monoisotopic (exact) mass is 322 g/mol. The normalized spacial score (nSPS) is 11.0. The minimum atomic E-state index is -3.78. The summed E-state index contributed by atoms with van der Waals surface area (Å²) in [7, 11) is -2.65. The number of pyridine rings is 1. The number of nitrogens with zero attached hydrogens (tertiary/aromatic N) is 1. The highest BCUT2D eigenvalue weighted by Crippen LogP contribution is 2.16. The van der Waals surface area contributed by atoms with E-state index >= 15 is 0 Å². The van der Waals surface area contributed by atoms with Gasteiger partial charge in [0.1, 0.15) is 5.82 Å². The number of aryl methyl sites for hydroxylation is 1. The molecule has 94 valence electrons. The van der Waals surface area contributed by atoms with Crippen molar-refractivity contribution in [3.8, 4) is 0 Å². The number of sulfonamides is 1. The third-order valence-electron chi connectivity index (χ3n) is 1.82. The summed E-state index contributed by atoms with van der Waals surface area (Å²) in [6.45, 7) is 1.72. The van der Waals surface area contributed by atoms with E-state index < -0.39 is 21.7 Å². The first-order valence-corrected chi connectivity index (χ1v) is 6.99. The van der Waals surface area contributed by atoms with Crippen LogP contribution >= 0.6 is 15.9 Å². The number of rotatable bonds is 4. The SMILES string of the molecule is COC(=O)CS(=O)(=O)Nc1ccc(Br)c(C)n1. The zero-order chi connectivity index (χ0) is 13.1. The molecule has 0 saturated carbocycles. The van der Waals surface area contributed by atoms with Gasteiger partial charge in [-0.15, -0.1) is 0 Å². The van der Waals surface area contributed by atoms with E-state index in [-0.39, 0.29) is 5.82 Å². The molecular formula is C9H11BrN2O4S. The first-order valence-electron chi connectivity index (χ1n) is 4.54. The van der Waals surface area contributed by atoms with Crippen LogP contribution in [0.3, 0.4) is 0 Å². The first-order chi connectivity index (χ1) is 7.84. The molecule has 0 aliphatic carbocycles. The number of hydrogen-bond donors (Lipinski definition) is 1. The second-order valence-corrected chi connectivity index (χ2v) is 5.78. The van der Waals surface area contributed by atoms with Gasteiger partial charge in [0.15, 0.2) is 5.75 Å². The Morgan fingerprint density at radius 1 is 1.53 bits per heavy atom. The maximum atomic E-state index is 11.5. The largest absolute Gasteiger partial charge is 0.468 e. The number of anilines is 1. The Kier molecular flexibility index (Phi) is 4.47. The lowest BCUT2D eigenvalue weighted by Crippen LogP contribution is -2.24. The van der Waals surface area contributed by atoms with Gasteiger partial charge in [-0.3, -0.25) is 9.52 Å². The fourth-order valence-corrected chi connectivity index (χ4v) is 2.16. The highest BCUT2D eigenvalue weighted by Gasteiger charge is 2.17. The lowest BCUT2D eigenvalue weighted by atomic mass is 10.4. The Bertz CT molecular complexity index is 530. The van der Waals surface area contributed by atoms with Gasteiger partial charge in [-0.2, -0.15) is 0 Å². The fourth-order valence-electron chi connectivity index (χ4n) is 1.01. The fraction of sp³-hybridized carbons (Fsp3) is 0.333. The van der Waals surface area contributed by atoms with E-state index in [1.54, 1.807) is 13.0 Å². The maximum Gasteiger partial charge on any atom is 0.322 e. The molecular weight excluding hydrogens is 312 g/mol. The van der Waals surface area contributed by atoms with Crippen LogP contribution in [0, 0.1) is 6.92 Å². The second kappa shape index (κ2) is 5.46. The number of carbonyl (C=O) groups excluding carboxylic acids is 1. The van der Waals surface area contributed by atoms with Gasteiger partial charge in [0.25, 0.3) is 0 Å². The summed E-state index contributed by atoms with van der Waals surface area (Å²) in [5, 5.41) is 0. The van der Waals surface area contributed by atoms with Crippen molar-refractivity contribution in [3.63, 3.8) is 0 Å². The number of aromatic nitrogens is 1. The molecule has 0 unspecified atom stereocenters. The average Bonchev–Trinajstić information content (AvgIpc) is 2.22.